The summed E-state index contributed by atoms with van der Waals surface area (Å²) in [6.07, 6.45) is 0.598. The molecule has 1 aromatic heterocycles. The van der Waals surface area contributed by atoms with Gasteiger partial charge in [0, 0.05) is 32.1 Å². The maximum absolute atomic E-state index is 14.8. The van der Waals surface area contributed by atoms with Gasteiger partial charge in [0.2, 0.25) is 5.91 Å². The van der Waals surface area contributed by atoms with E-state index in [0.717, 1.165) is 27.4 Å². The van der Waals surface area contributed by atoms with Crippen LogP contribution in [-0.2, 0) is 30.5 Å². The highest BCUT2D eigenvalue weighted by Crippen LogP contribution is 2.51. The summed E-state index contributed by atoms with van der Waals surface area (Å²) in [4.78, 5) is 54.2. The molecule has 3 atom stereocenters. The summed E-state index contributed by atoms with van der Waals surface area (Å²) in [5.41, 5.74) is 0.532. The minimum Gasteiger partial charge on any atom is -0.456 e. The number of benzene rings is 4. The number of aromatic nitrogens is 1. The first-order valence-electron chi connectivity index (χ1n) is 15.2. The van der Waals surface area contributed by atoms with Crippen LogP contribution in [-0.4, -0.2) is 42.8 Å². The Morgan fingerprint density at radius 1 is 0.898 bits per heavy atom. The number of nitro groups is 1. The normalized spacial score (nSPS) is 16.3. The van der Waals surface area contributed by atoms with Crippen LogP contribution in [0.3, 0.4) is 0 Å². The maximum atomic E-state index is 14.8. The summed E-state index contributed by atoms with van der Waals surface area (Å²) >= 11 is 6.03. The van der Waals surface area contributed by atoms with Gasteiger partial charge in [-0.25, -0.2) is 9.17 Å². The van der Waals surface area contributed by atoms with Crippen LogP contribution in [0, 0.1) is 16.0 Å². The average Bonchev–Trinajstić information content (AvgIpc) is 3.67. The Hall–Kier alpha value is -5.03. The second kappa shape index (κ2) is 14.6. The number of nitro benzene ring substituents is 1. The van der Waals surface area contributed by atoms with Gasteiger partial charge in [-0.3, -0.25) is 24.6 Å². The second-order valence-corrected chi connectivity index (χ2v) is 15.8. The molecular weight excluding hydrogens is 682 g/mol. The zero-order valence-electron chi connectivity index (χ0n) is 26.1. The van der Waals surface area contributed by atoms with E-state index in [0.29, 0.717) is 10.4 Å². The van der Waals surface area contributed by atoms with E-state index >= 15 is 0 Å². The molecule has 0 N–H and O–H groups in total. The third kappa shape index (κ3) is 6.55. The fourth-order valence-corrected chi connectivity index (χ4v) is 11.6. The Morgan fingerprint density at radius 3 is 1.86 bits per heavy atom. The standard InChI is InChI=1S/C36H30N3O7PS2/c1-24(40)46-32(30-21-22-37-49-30)31-33(41)38(35(31)48)34(36(42)45-23-25-17-19-26(20-18-25)39(43)44)47(27-11-5-2-6-12-27,28-13-7-3-8-14-28)29-15-9-4-10-16-29/h2-22,31-32,35,48H,23H2,1H3. The molecule has 3 unspecified atom stereocenters. The van der Waals surface area contributed by atoms with Gasteiger partial charge in [-0.15, -0.1) is 0 Å². The molecule has 1 fully saturated rings. The minimum atomic E-state index is -3.21. The van der Waals surface area contributed by atoms with Gasteiger partial charge in [0.05, 0.1) is 15.2 Å². The summed E-state index contributed by atoms with van der Waals surface area (Å²) in [6, 6.07) is 36.0. The fraction of sp³-hybridized carbons (Fsp3) is 0.139. The van der Waals surface area contributed by atoms with Crippen LogP contribution in [0.15, 0.2) is 128 Å². The van der Waals surface area contributed by atoms with Crippen LogP contribution < -0.4 is 15.9 Å². The van der Waals surface area contributed by atoms with Crippen molar-refractivity contribution in [3.05, 3.63) is 148 Å². The van der Waals surface area contributed by atoms with E-state index in [2.05, 4.69) is 4.37 Å². The van der Waals surface area contributed by atoms with Gasteiger partial charge in [-0.2, -0.15) is 12.6 Å². The number of β-lactam (4-membered cyclic amide) rings is 1. The van der Waals surface area contributed by atoms with Crippen molar-refractivity contribution >= 4 is 75.9 Å². The predicted molar refractivity (Wildman–Crippen MR) is 193 cm³/mol. The van der Waals surface area contributed by atoms with Gasteiger partial charge in [-0.05, 0) is 51.2 Å². The van der Waals surface area contributed by atoms with E-state index in [1.807, 2.05) is 91.0 Å². The van der Waals surface area contributed by atoms with Crippen LogP contribution in [0.1, 0.15) is 23.5 Å². The number of non-ortho nitro benzene ring substituents is 1. The molecule has 49 heavy (non-hydrogen) atoms. The Morgan fingerprint density at radius 2 is 1.43 bits per heavy atom. The van der Waals surface area contributed by atoms with E-state index in [4.69, 9.17) is 22.1 Å². The highest BCUT2D eigenvalue weighted by atomic mass is 32.1. The van der Waals surface area contributed by atoms with Gasteiger partial charge in [0.1, 0.15) is 17.9 Å². The number of ether oxygens (including phenoxy) is 2. The molecule has 0 spiro atoms. The lowest BCUT2D eigenvalue weighted by atomic mass is 9.90. The number of likely N-dealkylation sites (tertiary alicyclic amines) is 1. The molecule has 4 aromatic carbocycles. The molecule has 1 aliphatic rings. The summed E-state index contributed by atoms with van der Waals surface area (Å²) < 4.78 is 15.8. The Bertz CT molecular complexity index is 1920. The molecule has 1 saturated heterocycles. The van der Waals surface area contributed by atoms with E-state index < -0.39 is 47.1 Å². The quantitative estimate of drug-likeness (QED) is 0.0493. The predicted octanol–water partition coefficient (Wildman–Crippen LogP) is 5.24. The number of carbonyl (C=O) groups is 3. The average molecular weight is 712 g/mol. The molecule has 2 heterocycles. The number of hydrogen-bond donors (Lipinski definition) is 1. The SMILES string of the molecule is CC(=O)OC(c1ccns1)C1C(=O)N(C(C(=O)OCc2ccc([N+](=O)[O-])cc2)=P(c2ccccc2)(c2ccccc2)c2ccccc2)C1S. The lowest BCUT2D eigenvalue weighted by molar-refractivity contribution is -0.384. The minimum absolute atomic E-state index is 0.0945. The van der Waals surface area contributed by atoms with Crippen LogP contribution in [0.25, 0.3) is 0 Å². The smallest absolute Gasteiger partial charge is 0.356 e. The summed E-state index contributed by atoms with van der Waals surface area (Å²) in [5.74, 6) is -2.71. The number of rotatable bonds is 11. The van der Waals surface area contributed by atoms with Crippen LogP contribution >= 0.6 is 31.0 Å². The van der Waals surface area contributed by atoms with Crippen LogP contribution in [0.4, 0.5) is 5.69 Å². The number of carbonyl (C=O) groups excluding carboxylic acids is 3. The van der Waals surface area contributed by atoms with Crippen molar-refractivity contribution in [1.82, 2.24) is 9.27 Å². The van der Waals surface area contributed by atoms with Gasteiger partial charge in [0.15, 0.2) is 6.10 Å². The van der Waals surface area contributed by atoms with E-state index in [-0.39, 0.29) is 17.7 Å². The fourth-order valence-electron chi connectivity index (χ4n) is 5.97. The lowest BCUT2D eigenvalue weighted by Gasteiger charge is -2.49. The second-order valence-electron chi connectivity index (χ2n) is 11.1. The molecule has 1 aliphatic heterocycles. The summed E-state index contributed by atoms with van der Waals surface area (Å²) in [5, 5.41) is 12.7. The number of amides is 1. The van der Waals surface area contributed by atoms with Crippen molar-refractivity contribution in [2.75, 3.05) is 0 Å². The molecule has 1 amide bonds. The van der Waals surface area contributed by atoms with Gasteiger partial charge in [-0.1, -0.05) is 91.0 Å². The van der Waals surface area contributed by atoms with Gasteiger partial charge < -0.3 is 9.47 Å². The highest BCUT2D eigenvalue weighted by Gasteiger charge is 2.56. The molecule has 0 bridgehead atoms. The third-order valence-corrected chi connectivity index (χ3v) is 13.8. The summed E-state index contributed by atoms with van der Waals surface area (Å²) in [6.45, 7) is -2.15. The van der Waals surface area contributed by atoms with Crippen molar-refractivity contribution in [2.45, 2.75) is 25.0 Å². The number of esters is 2. The molecule has 0 aliphatic carbocycles. The molecule has 10 nitrogen and oxygen atoms in total. The zero-order valence-corrected chi connectivity index (χ0v) is 28.7. The number of nitrogens with zero attached hydrogens (tertiary/aromatic N) is 3. The molecule has 0 saturated carbocycles. The first-order valence-corrected chi connectivity index (χ1v) is 18.2. The van der Waals surface area contributed by atoms with Gasteiger partial charge >= 0.3 is 11.9 Å². The van der Waals surface area contributed by atoms with E-state index in [1.54, 1.807) is 12.3 Å². The Balaban J connectivity index is 1.58. The van der Waals surface area contributed by atoms with E-state index in [9.17, 15) is 24.5 Å². The molecular formula is C36H30N3O7PS2. The van der Waals surface area contributed by atoms with Crippen molar-refractivity contribution in [3.8, 4) is 0 Å². The summed E-state index contributed by atoms with van der Waals surface area (Å²) in [7, 11) is 0. The zero-order chi connectivity index (χ0) is 34.5. The first kappa shape index (κ1) is 33.9. The van der Waals surface area contributed by atoms with Crippen LogP contribution in [0.2, 0.25) is 0 Å². The molecule has 13 heteroatoms. The molecule has 0 radical (unpaired) electrons. The number of thiol groups is 1. The first-order chi connectivity index (χ1) is 23.7. The molecule has 6 rings (SSSR count). The third-order valence-electron chi connectivity index (χ3n) is 8.14. The van der Waals surface area contributed by atoms with Crippen LogP contribution in [0.5, 0.6) is 0 Å². The van der Waals surface area contributed by atoms with Crippen molar-refractivity contribution in [3.63, 3.8) is 0 Å². The Labute approximate surface area is 292 Å². The van der Waals surface area contributed by atoms with E-state index in [1.165, 1.54) is 36.1 Å². The highest BCUT2D eigenvalue weighted by molar-refractivity contribution is 7.96. The molecule has 5 aromatic rings. The van der Waals surface area contributed by atoms with Crippen molar-refractivity contribution in [1.29, 1.82) is 0 Å². The van der Waals surface area contributed by atoms with Crippen molar-refractivity contribution in [2.24, 2.45) is 5.92 Å². The van der Waals surface area contributed by atoms with Crippen molar-refractivity contribution < 1.29 is 28.8 Å². The monoisotopic (exact) mass is 711 g/mol. The lowest BCUT2D eigenvalue weighted by Crippen LogP contribution is -2.65. The maximum Gasteiger partial charge on any atom is 0.356 e. The molecule has 248 valence electrons. The largest absolute Gasteiger partial charge is 0.456 e. The van der Waals surface area contributed by atoms with Gasteiger partial charge in [0.25, 0.3) is 5.69 Å². The Kier molecular flexibility index (Phi) is 10.1. The topological polar surface area (TPSA) is 129 Å². The number of hydrogen-bond acceptors (Lipinski definition) is 10.